The predicted octanol–water partition coefficient (Wildman–Crippen LogP) is 2.71. The lowest BCUT2D eigenvalue weighted by Gasteiger charge is -2.17. The summed E-state index contributed by atoms with van der Waals surface area (Å²) in [7, 11) is 0. The quantitative estimate of drug-likeness (QED) is 0.780. The minimum atomic E-state index is -0.581. The predicted molar refractivity (Wildman–Crippen MR) is 74.5 cm³/mol. The summed E-state index contributed by atoms with van der Waals surface area (Å²) in [4.78, 5) is 0. The molecule has 1 fully saturated rings. The molecule has 0 bridgehead atoms. The lowest BCUT2D eigenvalue weighted by molar-refractivity contribution is 0.0662. The van der Waals surface area contributed by atoms with Crippen molar-refractivity contribution in [3.63, 3.8) is 0 Å². The fraction of sp³-hybridized carbons (Fsp3) is 0.733. The lowest BCUT2D eigenvalue weighted by Crippen LogP contribution is -2.22. The summed E-state index contributed by atoms with van der Waals surface area (Å²) in [6, 6.07) is 2.74. The van der Waals surface area contributed by atoms with E-state index in [1.165, 1.54) is 18.4 Å². The van der Waals surface area contributed by atoms with Crippen LogP contribution in [0.3, 0.4) is 0 Å². The van der Waals surface area contributed by atoms with Gasteiger partial charge in [0.1, 0.15) is 0 Å². The molecule has 1 heterocycles. The second kappa shape index (κ2) is 5.45. The number of aliphatic hydroxyl groups is 1. The zero-order valence-electron chi connectivity index (χ0n) is 11.8. The summed E-state index contributed by atoms with van der Waals surface area (Å²) < 4.78 is 2.19. The zero-order valence-corrected chi connectivity index (χ0v) is 11.8. The normalized spacial score (nSPS) is 18.0. The van der Waals surface area contributed by atoms with Gasteiger partial charge in [0.05, 0.1) is 5.60 Å². The molecule has 1 aliphatic carbocycles. The third-order valence-corrected chi connectivity index (χ3v) is 3.63. The molecule has 0 radical (unpaired) electrons. The highest BCUT2D eigenvalue weighted by molar-refractivity contribution is 5.18. The second-order valence-corrected chi connectivity index (χ2v) is 6.12. The van der Waals surface area contributed by atoms with Crippen molar-refractivity contribution in [3.05, 3.63) is 24.0 Å². The molecule has 0 aliphatic heterocycles. The van der Waals surface area contributed by atoms with E-state index in [0.29, 0.717) is 6.04 Å². The third-order valence-electron chi connectivity index (χ3n) is 3.63. The molecule has 1 aromatic rings. The summed E-state index contributed by atoms with van der Waals surface area (Å²) in [5.41, 5.74) is 0.817. The first-order chi connectivity index (χ1) is 8.49. The van der Waals surface area contributed by atoms with E-state index in [1.807, 2.05) is 13.8 Å². The maximum Gasteiger partial charge on any atom is 0.0608 e. The molecule has 1 aliphatic rings. The van der Waals surface area contributed by atoms with Crippen molar-refractivity contribution in [2.45, 2.75) is 58.2 Å². The van der Waals surface area contributed by atoms with E-state index in [-0.39, 0.29) is 0 Å². The van der Waals surface area contributed by atoms with Crippen LogP contribution in [-0.4, -0.2) is 21.8 Å². The number of rotatable bonds is 7. The SMILES string of the molecule is CCNC(c1ccn(CCC(C)(C)O)c1)C1CC1. The smallest absolute Gasteiger partial charge is 0.0608 e. The van der Waals surface area contributed by atoms with Crippen molar-refractivity contribution < 1.29 is 5.11 Å². The van der Waals surface area contributed by atoms with Gasteiger partial charge < -0.3 is 15.0 Å². The number of aromatic nitrogens is 1. The van der Waals surface area contributed by atoms with Crippen LogP contribution in [0.15, 0.2) is 18.5 Å². The van der Waals surface area contributed by atoms with Crippen LogP contribution in [0.4, 0.5) is 0 Å². The number of hydrogen-bond donors (Lipinski definition) is 2. The van der Waals surface area contributed by atoms with E-state index >= 15 is 0 Å². The van der Waals surface area contributed by atoms with E-state index in [9.17, 15) is 5.11 Å². The van der Waals surface area contributed by atoms with Crippen molar-refractivity contribution in [2.75, 3.05) is 6.54 Å². The van der Waals surface area contributed by atoms with Gasteiger partial charge in [0.2, 0.25) is 0 Å². The van der Waals surface area contributed by atoms with E-state index in [0.717, 1.165) is 25.4 Å². The van der Waals surface area contributed by atoms with Crippen molar-refractivity contribution >= 4 is 0 Å². The molecule has 1 atom stereocenters. The number of nitrogens with zero attached hydrogens (tertiary/aromatic N) is 1. The minimum absolute atomic E-state index is 0.526. The fourth-order valence-corrected chi connectivity index (χ4v) is 2.39. The van der Waals surface area contributed by atoms with Gasteiger partial charge in [-0.15, -0.1) is 0 Å². The van der Waals surface area contributed by atoms with Crippen LogP contribution >= 0.6 is 0 Å². The molecule has 1 aromatic heterocycles. The summed E-state index contributed by atoms with van der Waals surface area (Å²) in [6.07, 6.45) is 7.86. The zero-order chi connectivity index (χ0) is 13.2. The van der Waals surface area contributed by atoms with Gasteiger partial charge in [0.15, 0.2) is 0 Å². The second-order valence-electron chi connectivity index (χ2n) is 6.12. The maximum atomic E-state index is 9.75. The Kier molecular flexibility index (Phi) is 4.13. The molecule has 2 rings (SSSR count). The van der Waals surface area contributed by atoms with Gasteiger partial charge in [-0.25, -0.2) is 0 Å². The Morgan fingerprint density at radius 1 is 1.50 bits per heavy atom. The van der Waals surface area contributed by atoms with Crippen LogP contribution in [-0.2, 0) is 6.54 Å². The van der Waals surface area contributed by atoms with Crippen LogP contribution < -0.4 is 5.32 Å². The standard InChI is InChI=1S/C15H26N2O/c1-4-16-14(12-5-6-12)13-7-9-17(11-13)10-8-15(2,3)18/h7,9,11-12,14,16,18H,4-6,8,10H2,1-3H3. The molecule has 1 unspecified atom stereocenters. The Hall–Kier alpha value is -0.800. The Morgan fingerprint density at radius 2 is 2.22 bits per heavy atom. The Bertz CT molecular complexity index is 374. The number of hydrogen-bond acceptors (Lipinski definition) is 2. The van der Waals surface area contributed by atoms with Gasteiger partial charge in [0, 0.05) is 25.0 Å². The minimum Gasteiger partial charge on any atom is -0.390 e. The number of nitrogens with one attached hydrogen (secondary N) is 1. The summed E-state index contributed by atoms with van der Waals surface area (Å²) in [5, 5.41) is 13.3. The molecule has 0 amide bonds. The van der Waals surface area contributed by atoms with E-state index in [2.05, 4.69) is 35.3 Å². The molecule has 0 saturated heterocycles. The Balaban J connectivity index is 1.95. The molecule has 0 aromatic carbocycles. The lowest BCUT2D eigenvalue weighted by atomic mass is 10.1. The molecule has 18 heavy (non-hydrogen) atoms. The van der Waals surface area contributed by atoms with Gasteiger partial charge in [-0.05, 0) is 57.2 Å². The first-order valence-corrected chi connectivity index (χ1v) is 7.11. The van der Waals surface area contributed by atoms with Crippen LogP contribution in [0.25, 0.3) is 0 Å². The average Bonchev–Trinajstić information content (AvgIpc) is 3.01. The van der Waals surface area contributed by atoms with Crippen LogP contribution in [0.1, 0.15) is 51.6 Å². The topological polar surface area (TPSA) is 37.2 Å². The first-order valence-electron chi connectivity index (χ1n) is 7.11. The van der Waals surface area contributed by atoms with Crippen LogP contribution in [0.5, 0.6) is 0 Å². The van der Waals surface area contributed by atoms with Crippen molar-refractivity contribution in [1.82, 2.24) is 9.88 Å². The van der Waals surface area contributed by atoms with Gasteiger partial charge >= 0.3 is 0 Å². The highest BCUT2D eigenvalue weighted by atomic mass is 16.3. The van der Waals surface area contributed by atoms with Crippen LogP contribution in [0.2, 0.25) is 0 Å². The van der Waals surface area contributed by atoms with E-state index in [4.69, 9.17) is 0 Å². The van der Waals surface area contributed by atoms with Crippen molar-refractivity contribution in [3.8, 4) is 0 Å². The van der Waals surface area contributed by atoms with Crippen LogP contribution in [0, 0.1) is 5.92 Å². The summed E-state index contributed by atoms with van der Waals surface area (Å²) >= 11 is 0. The van der Waals surface area contributed by atoms with Crippen molar-refractivity contribution in [1.29, 1.82) is 0 Å². The van der Waals surface area contributed by atoms with Gasteiger partial charge in [-0.3, -0.25) is 0 Å². The summed E-state index contributed by atoms with van der Waals surface area (Å²) in [6.45, 7) is 7.80. The molecule has 0 spiro atoms. The molecular weight excluding hydrogens is 224 g/mol. The maximum absolute atomic E-state index is 9.75. The van der Waals surface area contributed by atoms with Gasteiger partial charge in [-0.1, -0.05) is 6.92 Å². The molecular formula is C15H26N2O. The molecule has 2 N–H and O–H groups in total. The monoisotopic (exact) mass is 250 g/mol. The summed E-state index contributed by atoms with van der Waals surface area (Å²) in [5.74, 6) is 0.829. The first kappa shape index (κ1) is 13.6. The third kappa shape index (κ3) is 3.85. The Labute approximate surface area is 110 Å². The largest absolute Gasteiger partial charge is 0.390 e. The van der Waals surface area contributed by atoms with Crippen molar-refractivity contribution in [2.24, 2.45) is 5.92 Å². The van der Waals surface area contributed by atoms with E-state index < -0.39 is 5.60 Å². The Morgan fingerprint density at radius 3 is 2.78 bits per heavy atom. The average molecular weight is 250 g/mol. The number of aryl methyl sites for hydroxylation is 1. The molecule has 3 heteroatoms. The highest BCUT2D eigenvalue weighted by Crippen LogP contribution is 2.41. The molecule has 3 nitrogen and oxygen atoms in total. The molecule has 1 saturated carbocycles. The highest BCUT2D eigenvalue weighted by Gasteiger charge is 2.32. The molecule has 102 valence electrons. The van der Waals surface area contributed by atoms with Gasteiger partial charge in [0.25, 0.3) is 0 Å². The fourth-order valence-electron chi connectivity index (χ4n) is 2.39. The van der Waals surface area contributed by atoms with E-state index in [1.54, 1.807) is 0 Å². The van der Waals surface area contributed by atoms with Gasteiger partial charge in [-0.2, -0.15) is 0 Å².